The molecule has 1 atom stereocenters. The third-order valence-electron chi connectivity index (χ3n) is 7.52. The number of anilines is 1. The van der Waals surface area contributed by atoms with E-state index in [9.17, 15) is 18.0 Å². The summed E-state index contributed by atoms with van der Waals surface area (Å²) >= 11 is 0. The summed E-state index contributed by atoms with van der Waals surface area (Å²) in [6.45, 7) is 6.64. The molecule has 34 heavy (non-hydrogen) atoms. The van der Waals surface area contributed by atoms with Crippen molar-refractivity contribution in [3.63, 3.8) is 0 Å². The monoisotopic (exact) mass is 490 g/mol. The molecule has 0 radical (unpaired) electrons. The first kappa shape index (κ1) is 25.0. The standard InChI is InChI=1S/C25H38N4O4S/c1-19-7-6-14-29(18-19)24(30)20-10-15-28(16-11-20)25(31)22-17-21(34(32,33)26(2)3)8-9-23(22)27-12-4-5-13-27/h8-9,17,19-20H,4-7,10-16,18H2,1-3H3. The first-order chi connectivity index (χ1) is 16.2. The van der Waals surface area contributed by atoms with Crippen LogP contribution in [0.1, 0.15) is 55.8 Å². The van der Waals surface area contributed by atoms with Crippen LogP contribution in [0.25, 0.3) is 0 Å². The number of hydrogen-bond donors (Lipinski definition) is 0. The van der Waals surface area contributed by atoms with E-state index in [1.54, 1.807) is 17.0 Å². The zero-order valence-electron chi connectivity index (χ0n) is 20.7. The van der Waals surface area contributed by atoms with Gasteiger partial charge in [-0.05, 0) is 62.6 Å². The lowest BCUT2D eigenvalue weighted by molar-refractivity contribution is -0.138. The molecule has 8 nitrogen and oxygen atoms in total. The summed E-state index contributed by atoms with van der Waals surface area (Å²) in [6, 6.07) is 4.92. The lowest BCUT2D eigenvalue weighted by atomic mass is 9.92. The molecule has 0 aliphatic carbocycles. The van der Waals surface area contributed by atoms with E-state index in [-0.39, 0.29) is 22.6 Å². The zero-order chi connectivity index (χ0) is 24.5. The van der Waals surface area contributed by atoms with Gasteiger partial charge in [0.1, 0.15) is 0 Å². The van der Waals surface area contributed by atoms with E-state index in [1.165, 1.54) is 30.9 Å². The van der Waals surface area contributed by atoms with Gasteiger partial charge in [0.25, 0.3) is 5.91 Å². The normalized spacial score (nSPS) is 22.5. The molecule has 0 saturated carbocycles. The maximum absolute atomic E-state index is 13.6. The fourth-order valence-corrected chi connectivity index (χ4v) is 6.37. The molecule has 1 aromatic carbocycles. The highest BCUT2D eigenvalue weighted by Gasteiger charge is 2.33. The van der Waals surface area contributed by atoms with Crippen molar-refractivity contribution in [1.82, 2.24) is 14.1 Å². The average molecular weight is 491 g/mol. The highest BCUT2D eigenvalue weighted by molar-refractivity contribution is 7.89. The first-order valence-corrected chi connectivity index (χ1v) is 14.0. The lowest BCUT2D eigenvalue weighted by Crippen LogP contribution is -2.47. The van der Waals surface area contributed by atoms with Crippen molar-refractivity contribution in [2.75, 3.05) is 58.3 Å². The minimum atomic E-state index is -3.65. The summed E-state index contributed by atoms with van der Waals surface area (Å²) in [5.41, 5.74) is 1.25. The van der Waals surface area contributed by atoms with E-state index >= 15 is 0 Å². The summed E-state index contributed by atoms with van der Waals surface area (Å²) in [6.07, 6.45) is 5.69. The molecule has 2 amide bonds. The molecule has 9 heteroatoms. The number of rotatable bonds is 5. The van der Waals surface area contributed by atoms with Crippen molar-refractivity contribution in [3.8, 4) is 0 Å². The van der Waals surface area contributed by atoms with Crippen molar-refractivity contribution in [3.05, 3.63) is 23.8 Å². The van der Waals surface area contributed by atoms with Gasteiger partial charge in [-0.15, -0.1) is 0 Å². The molecule has 1 unspecified atom stereocenters. The Bertz CT molecular complexity index is 1010. The van der Waals surface area contributed by atoms with Crippen molar-refractivity contribution >= 4 is 27.5 Å². The molecule has 0 N–H and O–H groups in total. The second kappa shape index (κ2) is 10.2. The van der Waals surface area contributed by atoms with E-state index in [1.807, 2.05) is 4.90 Å². The summed E-state index contributed by atoms with van der Waals surface area (Å²) in [4.78, 5) is 32.8. The van der Waals surface area contributed by atoms with Gasteiger partial charge in [0.15, 0.2) is 0 Å². The van der Waals surface area contributed by atoms with Crippen LogP contribution < -0.4 is 4.90 Å². The average Bonchev–Trinajstić information content (AvgIpc) is 3.37. The third kappa shape index (κ3) is 5.10. The van der Waals surface area contributed by atoms with Crippen LogP contribution in [0.4, 0.5) is 5.69 Å². The maximum atomic E-state index is 13.6. The number of carbonyl (C=O) groups excluding carboxylic acids is 2. The number of nitrogens with zero attached hydrogens (tertiary/aromatic N) is 4. The van der Waals surface area contributed by atoms with Gasteiger partial charge in [0.05, 0.1) is 10.5 Å². The second-order valence-corrected chi connectivity index (χ2v) is 12.4. The molecule has 3 heterocycles. The number of carbonyl (C=O) groups is 2. The topological polar surface area (TPSA) is 81.2 Å². The minimum Gasteiger partial charge on any atom is -0.371 e. The van der Waals surface area contributed by atoms with Crippen molar-refractivity contribution in [1.29, 1.82) is 0 Å². The summed E-state index contributed by atoms with van der Waals surface area (Å²) < 4.78 is 26.7. The van der Waals surface area contributed by atoms with Gasteiger partial charge in [-0.2, -0.15) is 0 Å². The number of amides is 2. The molecule has 0 aromatic heterocycles. The number of sulfonamides is 1. The SMILES string of the molecule is CC1CCCN(C(=O)C2CCN(C(=O)c3cc(S(=O)(=O)N(C)C)ccc3N3CCCC3)CC2)C1. The molecule has 3 saturated heterocycles. The van der Waals surface area contributed by atoms with Crippen molar-refractivity contribution in [2.24, 2.45) is 11.8 Å². The molecular weight excluding hydrogens is 452 g/mol. The van der Waals surface area contributed by atoms with Crippen LogP contribution in [0.15, 0.2) is 23.1 Å². The van der Waals surface area contributed by atoms with Gasteiger partial charge in [-0.1, -0.05) is 6.92 Å². The highest BCUT2D eigenvalue weighted by atomic mass is 32.2. The molecule has 0 spiro atoms. The Labute approximate surface area is 203 Å². The Kier molecular flexibility index (Phi) is 7.52. The van der Waals surface area contributed by atoms with Gasteiger partial charge >= 0.3 is 0 Å². The van der Waals surface area contributed by atoms with Crippen LogP contribution in [0.2, 0.25) is 0 Å². The molecule has 0 bridgehead atoms. The fraction of sp³-hybridized carbons (Fsp3) is 0.680. The molecule has 188 valence electrons. The fourth-order valence-electron chi connectivity index (χ4n) is 5.44. The Balaban J connectivity index is 1.51. The Morgan fingerprint density at radius 3 is 2.21 bits per heavy atom. The van der Waals surface area contributed by atoms with Crippen LogP contribution in [-0.4, -0.2) is 87.7 Å². The second-order valence-electron chi connectivity index (χ2n) is 10.3. The molecule has 3 aliphatic rings. The molecule has 3 aliphatic heterocycles. The van der Waals surface area contributed by atoms with Gasteiger partial charge in [0, 0.05) is 65.0 Å². The highest BCUT2D eigenvalue weighted by Crippen LogP contribution is 2.31. The minimum absolute atomic E-state index is 0.0344. The Morgan fingerprint density at radius 2 is 1.59 bits per heavy atom. The Morgan fingerprint density at radius 1 is 0.912 bits per heavy atom. The van der Waals surface area contributed by atoms with Gasteiger partial charge in [-0.3, -0.25) is 9.59 Å². The van der Waals surface area contributed by atoms with Gasteiger partial charge in [0.2, 0.25) is 15.9 Å². The van der Waals surface area contributed by atoms with Gasteiger partial charge in [-0.25, -0.2) is 12.7 Å². The van der Waals surface area contributed by atoms with Crippen LogP contribution in [0.3, 0.4) is 0 Å². The summed E-state index contributed by atoms with van der Waals surface area (Å²) in [5, 5.41) is 0. The molecular formula is C25H38N4O4S. The maximum Gasteiger partial charge on any atom is 0.256 e. The molecule has 3 fully saturated rings. The van der Waals surface area contributed by atoms with E-state index in [0.29, 0.717) is 37.4 Å². The predicted molar refractivity (Wildman–Crippen MR) is 132 cm³/mol. The van der Waals surface area contributed by atoms with E-state index in [2.05, 4.69) is 11.8 Å². The quantitative estimate of drug-likeness (QED) is 0.634. The van der Waals surface area contributed by atoms with Gasteiger partial charge < -0.3 is 14.7 Å². The molecule has 4 rings (SSSR count). The van der Waals surface area contributed by atoms with Crippen molar-refractivity contribution < 1.29 is 18.0 Å². The van der Waals surface area contributed by atoms with E-state index in [0.717, 1.165) is 51.1 Å². The van der Waals surface area contributed by atoms with Crippen LogP contribution in [0.5, 0.6) is 0 Å². The zero-order valence-corrected chi connectivity index (χ0v) is 21.5. The number of hydrogen-bond acceptors (Lipinski definition) is 5. The van der Waals surface area contributed by atoms with E-state index < -0.39 is 10.0 Å². The summed E-state index contributed by atoms with van der Waals surface area (Å²) in [5.74, 6) is 0.604. The predicted octanol–water partition coefficient (Wildman–Crippen LogP) is 2.65. The van der Waals surface area contributed by atoms with Crippen LogP contribution >= 0.6 is 0 Å². The first-order valence-electron chi connectivity index (χ1n) is 12.6. The number of piperidine rings is 2. The van der Waals surface area contributed by atoms with Crippen molar-refractivity contribution in [2.45, 2.75) is 50.3 Å². The van der Waals surface area contributed by atoms with Crippen LogP contribution in [0, 0.1) is 11.8 Å². The van der Waals surface area contributed by atoms with E-state index in [4.69, 9.17) is 0 Å². The number of likely N-dealkylation sites (tertiary alicyclic amines) is 2. The number of benzene rings is 1. The molecule has 1 aromatic rings. The summed E-state index contributed by atoms with van der Waals surface area (Å²) in [7, 11) is -0.655. The largest absolute Gasteiger partial charge is 0.371 e. The third-order valence-corrected chi connectivity index (χ3v) is 9.33. The Hall–Kier alpha value is -2.13. The smallest absolute Gasteiger partial charge is 0.256 e. The van der Waals surface area contributed by atoms with Crippen LogP contribution in [-0.2, 0) is 14.8 Å². The lowest BCUT2D eigenvalue weighted by Gasteiger charge is -2.37.